The highest BCUT2D eigenvalue weighted by molar-refractivity contribution is 6.02. The van der Waals surface area contributed by atoms with E-state index in [0.717, 1.165) is 6.21 Å². The number of nitrogens with one attached hydrogen (secondary N) is 2. The Morgan fingerprint density at radius 2 is 2.43 bits per heavy atom. The van der Waals surface area contributed by atoms with Gasteiger partial charge >= 0.3 is 5.97 Å². The van der Waals surface area contributed by atoms with Crippen molar-refractivity contribution in [1.29, 1.82) is 5.41 Å². The maximum atomic E-state index is 11.2. The molecule has 0 aromatic carbocycles. The largest absolute Gasteiger partial charge is 0.464 e. The molecule has 0 aliphatic carbocycles. The fourth-order valence-electron chi connectivity index (χ4n) is 1.01. The van der Waals surface area contributed by atoms with E-state index in [0.29, 0.717) is 17.2 Å². The summed E-state index contributed by atoms with van der Waals surface area (Å²) in [6.07, 6.45) is 4.14. The van der Waals surface area contributed by atoms with Crippen molar-refractivity contribution >= 4 is 17.9 Å². The number of hydrogen-bond donors (Lipinski definition) is 2. The predicted octanol–water partition coefficient (Wildman–Crippen LogP) is 0.598. The van der Waals surface area contributed by atoms with E-state index in [-0.39, 0.29) is 0 Å². The summed E-state index contributed by atoms with van der Waals surface area (Å²) in [6.45, 7) is 1.77. The molecule has 0 fully saturated rings. The zero-order valence-electron chi connectivity index (χ0n) is 8.00. The molecular weight excluding hydrogens is 182 g/mol. The zero-order chi connectivity index (χ0) is 10.6. The molecule has 1 rings (SSSR count). The number of methoxy groups -OCH3 is 1. The van der Waals surface area contributed by atoms with Crippen molar-refractivity contribution in [1.82, 2.24) is 5.32 Å². The Labute approximate surface area is 81.7 Å². The van der Waals surface area contributed by atoms with Gasteiger partial charge in [-0.3, -0.25) is 0 Å². The Morgan fingerprint density at radius 1 is 1.71 bits per heavy atom. The first kappa shape index (κ1) is 10.2. The summed E-state index contributed by atoms with van der Waals surface area (Å²) in [5.41, 5.74) is 1.02. The van der Waals surface area contributed by atoms with E-state index in [2.05, 4.69) is 15.0 Å². The van der Waals surface area contributed by atoms with Gasteiger partial charge < -0.3 is 15.5 Å². The number of ether oxygens (including phenoxy) is 1. The van der Waals surface area contributed by atoms with Crippen LogP contribution in [0.2, 0.25) is 0 Å². The van der Waals surface area contributed by atoms with Gasteiger partial charge in [0.05, 0.1) is 7.11 Å². The molecule has 1 aliphatic heterocycles. The standard InChI is InChI=1S/C9H11N3O2/c1-6-5-7(9(13)14-2)12-8(11-6)3-4-10/h3-5,10,12H,1-2H3/b8-3-,10-4?. The van der Waals surface area contributed by atoms with Gasteiger partial charge in [-0.05, 0) is 19.1 Å². The molecule has 0 amide bonds. The molecule has 14 heavy (non-hydrogen) atoms. The number of hydrogen-bond acceptors (Lipinski definition) is 5. The highest BCUT2D eigenvalue weighted by Crippen LogP contribution is 2.06. The van der Waals surface area contributed by atoms with Gasteiger partial charge in [0.15, 0.2) is 0 Å². The van der Waals surface area contributed by atoms with Crippen LogP contribution in [0.25, 0.3) is 0 Å². The molecular formula is C9H11N3O2. The summed E-state index contributed by atoms with van der Waals surface area (Å²) >= 11 is 0. The number of esters is 1. The molecule has 0 aromatic heterocycles. The number of rotatable bonds is 2. The SMILES string of the molecule is COC(=O)C1=CC(C)=N/C(=C/C=N)N1. The number of nitrogens with zero attached hydrogens (tertiary/aromatic N) is 1. The van der Waals surface area contributed by atoms with Crippen LogP contribution in [0.1, 0.15) is 6.92 Å². The lowest BCUT2D eigenvalue weighted by Crippen LogP contribution is -2.24. The lowest BCUT2D eigenvalue weighted by molar-refractivity contribution is -0.136. The van der Waals surface area contributed by atoms with Crippen LogP contribution in [0.3, 0.4) is 0 Å². The first-order valence-electron chi connectivity index (χ1n) is 4.00. The van der Waals surface area contributed by atoms with Crippen LogP contribution in [-0.2, 0) is 9.53 Å². The van der Waals surface area contributed by atoms with Crippen molar-refractivity contribution in [2.75, 3.05) is 7.11 Å². The molecule has 0 aromatic rings. The number of carbonyl (C=O) groups is 1. The van der Waals surface area contributed by atoms with E-state index in [1.54, 1.807) is 13.0 Å². The molecule has 0 spiro atoms. The molecule has 5 nitrogen and oxygen atoms in total. The van der Waals surface area contributed by atoms with E-state index in [9.17, 15) is 4.79 Å². The maximum Gasteiger partial charge on any atom is 0.354 e. The lowest BCUT2D eigenvalue weighted by atomic mass is 10.2. The summed E-state index contributed by atoms with van der Waals surface area (Å²) in [5, 5.41) is 9.62. The highest BCUT2D eigenvalue weighted by atomic mass is 16.5. The molecule has 0 radical (unpaired) electrons. The second-order valence-corrected chi connectivity index (χ2v) is 2.65. The smallest absolute Gasteiger partial charge is 0.354 e. The zero-order valence-corrected chi connectivity index (χ0v) is 8.00. The van der Waals surface area contributed by atoms with Crippen molar-refractivity contribution in [3.05, 3.63) is 23.7 Å². The molecule has 2 N–H and O–H groups in total. The third-order valence-corrected chi connectivity index (χ3v) is 1.56. The Balaban J connectivity index is 2.92. The molecule has 5 heteroatoms. The minimum absolute atomic E-state index is 0.327. The van der Waals surface area contributed by atoms with Crippen LogP contribution in [0.15, 0.2) is 28.7 Å². The first-order chi connectivity index (χ1) is 6.67. The van der Waals surface area contributed by atoms with Crippen LogP contribution < -0.4 is 5.32 Å². The second kappa shape index (κ2) is 4.36. The molecule has 1 aliphatic rings. The van der Waals surface area contributed by atoms with Gasteiger partial charge in [0.25, 0.3) is 0 Å². The highest BCUT2D eigenvalue weighted by Gasteiger charge is 2.14. The first-order valence-corrected chi connectivity index (χ1v) is 4.00. The van der Waals surface area contributed by atoms with Crippen molar-refractivity contribution in [3.8, 4) is 0 Å². The van der Waals surface area contributed by atoms with Gasteiger partial charge in [0, 0.05) is 11.9 Å². The normalized spacial score (nSPS) is 18.0. The van der Waals surface area contributed by atoms with Crippen LogP contribution in [0.4, 0.5) is 0 Å². The van der Waals surface area contributed by atoms with Gasteiger partial charge in [-0.25, -0.2) is 9.79 Å². The molecule has 1 heterocycles. The van der Waals surface area contributed by atoms with E-state index in [4.69, 9.17) is 5.41 Å². The van der Waals surface area contributed by atoms with E-state index < -0.39 is 5.97 Å². The number of allylic oxidation sites excluding steroid dienone is 2. The molecule has 0 bridgehead atoms. The van der Waals surface area contributed by atoms with Gasteiger partial charge in [0.2, 0.25) is 0 Å². The van der Waals surface area contributed by atoms with Gasteiger partial charge in [0.1, 0.15) is 11.5 Å². The molecule has 0 saturated heterocycles. The second-order valence-electron chi connectivity index (χ2n) is 2.65. The molecule has 0 unspecified atom stereocenters. The van der Waals surface area contributed by atoms with Gasteiger partial charge in [-0.2, -0.15) is 0 Å². The van der Waals surface area contributed by atoms with Crippen LogP contribution in [0, 0.1) is 5.41 Å². The van der Waals surface area contributed by atoms with Crippen LogP contribution >= 0.6 is 0 Å². The maximum absolute atomic E-state index is 11.2. The summed E-state index contributed by atoms with van der Waals surface area (Å²) < 4.78 is 4.56. The molecule has 0 atom stereocenters. The Kier molecular flexibility index (Phi) is 3.17. The average Bonchev–Trinajstić information content (AvgIpc) is 2.16. The van der Waals surface area contributed by atoms with Gasteiger partial charge in [-0.1, -0.05) is 0 Å². The molecule has 0 saturated carbocycles. The minimum atomic E-state index is -0.449. The Morgan fingerprint density at radius 3 is 3.00 bits per heavy atom. The third kappa shape index (κ3) is 2.29. The topological polar surface area (TPSA) is 74.5 Å². The summed E-state index contributed by atoms with van der Waals surface area (Å²) in [4.78, 5) is 15.2. The fourth-order valence-corrected chi connectivity index (χ4v) is 1.01. The quantitative estimate of drug-likeness (QED) is 0.498. The van der Waals surface area contributed by atoms with E-state index >= 15 is 0 Å². The third-order valence-electron chi connectivity index (χ3n) is 1.56. The summed E-state index contributed by atoms with van der Waals surface area (Å²) in [7, 11) is 1.31. The summed E-state index contributed by atoms with van der Waals surface area (Å²) in [5.74, 6) is 0.00975. The van der Waals surface area contributed by atoms with Crippen LogP contribution in [0.5, 0.6) is 0 Å². The Hall–Kier alpha value is -1.91. The molecule has 74 valence electrons. The number of carbonyl (C=O) groups excluding carboxylic acids is 1. The van der Waals surface area contributed by atoms with Crippen LogP contribution in [-0.4, -0.2) is 25.0 Å². The van der Waals surface area contributed by atoms with Gasteiger partial charge in [-0.15, -0.1) is 0 Å². The Bertz CT molecular complexity index is 353. The van der Waals surface area contributed by atoms with Crippen molar-refractivity contribution in [3.63, 3.8) is 0 Å². The number of aliphatic imine (C=N–C) groups is 1. The lowest BCUT2D eigenvalue weighted by Gasteiger charge is -2.13. The van der Waals surface area contributed by atoms with Crippen molar-refractivity contribution in [2.45, 2.75) is 6.92 Å². The summed E-state index contributed by atoms with van der Waals surface area (Å²) in [6, 6.07) is 0. The van der Waals surface area contributed by atoms with Crippen molar-refractivity contribution in [2.24, 2.45) is 4.99 Å². The predicted molar refractivity (Wildman–Crippen MR) is 53.2 cm³/mol. The van der Waals surface area contributed by atoms with E-state index in [1.165, 1.54) is 13.2 Å². The fraction of sp³-hybridized carbons (Fsp3) is 0.222. The van der Waals surface area contributed by atoms with Crippen molar-refractivity contribution < 1.29 is 9.53 Å². The monoisotopic (exact) mass is 193 g/mol. The van der Waals surface area contributed by atoms with E-state index in [1.807, 2.05) is 0 Å². The average molecular weight is 193 g/mol. The minimum Gasteiger partial charge on any atom is -0.464 e.